The van der Waals surface area contributed by atoms with Crippen LogP contribution in [0.3, 0.4) is 0 Å². The van der Waals surface area contributed by atoms with Gasteiger partial charge in [-0.15, -0.1) is 0 Å². The van der Waals surface area contributed by atoms with E-state index in [4.69, 9.17) is 4.74 Å². The highest BCUT2D eigenvalue weighted by Gasteiger charge is 2.29. The highest BCUT2D eigenvalue weighted by Crippen LogP contribution is 2.31. The van der Waals surface area contributed by atoms with Gasteiger partial charge in [0, 0.05) is 13.1 Å². The Morgan fingerprint density at radius 2 is 1.66 bits per heavy atom. The van der Waals surface area contributed by atoms with Crippen molar-refractivity contribution in [3.63, 3.8) is 0 Å². The van der Waals surface area contributed by atoms with Gasteiger partial charge in [-0.05, 0) is 41.9 Å². The molecule has 0 bridgehead atoms. The van der Waals surface area contributed by atoms with E-state index >= 15 is 0 Å². The number of benzene rings is 2. The number of carbonyl (C=O) groups excluding carboxylic acids is 2. The fourth-order valence-corrected chi connectivity index (χ4v) is 3.70. The lowest BCUT2D eigenvalue weighted by Crippen LogP contribution is -2.51. The van der Waals surface area contributed by atoms with E-state index in [0.717, 1.165) is 17.5 Å². The topological polar surface area (TPSA) is 58.6 Å². The minimum absolute atomic E-state index is 0.0978. The Morgan fingerprint density at radius 3 is 2.28 bits per heavy atom. The van der Waals surface area contributed by atoms with Crippen molar-refractivity contribution in [2.45, 2.75) is 65.3 Å². The molecular weight excluding hydrogens is 400 g/mol. The number of carbonyl (C=O) groups is 2. The van der Waals surface area contributed by atoms with Gasteiger partial charge in [0.15, 0.2) is 6.61 Å². The fourth-order valence-electron chi connectivity index (χ4n) is 3.70. The lowest BCUT2D eigenvalue weighted by atomic mass is 9.86. The maximum absolute atomic E-state index is 13.3. The van der Waals surface area contributed by atoms with Crippen LogP contribution in [0, 0.1) is 0 Å². The van der Waals surface area contributed by atoms with Gasteiger partial charge in [-0.25, -0.2) is 0 Å². The van der Waals surface area contributed by atoms with Crippen LogP contribution < -0.4 is 10.1 Å². The van der Waals surface area contributed by atoms with Crippen molar-refractivity contribution < 1.29 is 14.3 Å². The minimum Gasteiger partial charge on any atom is -0.483 e. The van der Waals surface area contributed by atoms with Crippen molar-refractivity contribution in [3.8, 4) is 5.75 Å². The molecule has 2 amide bonds. The number of nitrogens with one attached hydrogen (secondary N) is 1. The molecule has 0 aromatic heterocycles. The highest BCUT2D eigenvalue weighted by atomic mass is 16.5. The Bertz CT molecular complexity index is 859. The first-order chi connectivity index (χ1) is 15.3. The smallest absolute Gasteiger partial charge is 0.261 e. The van der Waals surface area contributed by atoms with Crippen LogP contribution in [0.1, 0.15) is 58.6 Å². The fraction of sp³-hybridized carbons (Fsp3) is 0.481. The molecule has 174 valence electrons. The van der Waals surface area contributed by atoms with Crippen molar-refractivity contribution in [2.75, 3.05) is 19.7 Å². The van der Waals surface area contributed by atoms with E-state index < -0.39 is 6.04 Å². The summed E-state index contributed by atoms with van der Waals surface area (Å²) in [7, 11) is 0. The Morgan fingerprint density at radius 1 is 1.00 bits per heavy atom. The zero-order valence-electron chi connectivity index (χ0n) is 20.2. The summed E-state index contributed by atoms with van der Waals surface area (Å²) in [5.74, 6) is 0.425. The van der Waals surface area contributed by atoms with Crippen LogP contribution in [0.15, 0.2) is 54.6 Å². The minimum atomic E-state index is -0.515. The second-order valence-corrected chi connectivity index (χ2v) is 9.07. The molecule has 5 nitrogen and oxygen atoms in total. The van der Waals surface area contributed by atoms with E-state index in [9.17, 15) is 9.59 Å². The SMILES string of the molecule is CCCNC(=O)[C@H](CC)N(CCc1ccccc1)C(=O)COc1ccccc1C(C)(C)C. The second kappa shape index (κ2) is 12.3. The Hall–Kier alpha value is -2.82. The second-order valence-electron chi connectivity index (χ2n) is 9.07. The summed E-state index contributed by atoms with van der Waals surface area (Å²) >= 11 is 0. The van der Waals surface area contributed by atoms with E-state index in [1.807, 2.05) is 68.4 Å². The third-order valence-electron chi connectivity index (χ3n) is 5.47. The molecular formula is C27H38N2O3. The molecule has 0 aliphatic rings. The zero-order chi connectivity index (χ0) is 23.6. The summed E-state index contributed by atoms with van der Waals surface area (Å²) in [6, 6.07) is 17.3. The van der Waals surface area contributed by atoms with E-state index in [2.05, 4.69) is 26.1 Å². The monoisotopic (exact) mass is 438 g/mol. The van der Waals surface area contributed by atoms with Gasteiger partial charge >= 0.3 is 0 Å². The van der Waals surface area contributed by atoms with Gasteiger partial charge in [-0.2, -0.15) is 0 Å². The van der Waals surface area contributed by atoms with E-state index in [1.54, 1.807) is 4.90 Å². The van der Waals surface area contributed by atoms with Crippen LogP contribution in [0.25, 0.3) is 0 Å². The Labute approximate surface area is 193 Å². The summed E-state index contributed by atoms with van der Waals surface area (Å²) in [6.07, 6.45) is 2.09. The quantitative estimate of drug-likeness (QED) is 0.551. The van der Waals surface area contributed by atoms with Crippen molar-refractivity contribution in [1.29, 1.82) is 0 Å². The van der Waals surface area contributed by atoms with Gasteiger partial charge in [0.05, 0.1) is 0 Å². The molecule has 2 rings (SSSR count). The van der Waals surface area contributed by atoms with Crippen LogP contribution in [0.4, 0.5) is 0 Å². The van der Waals surface area contributed by atoms with Gasteiger partial charge in [-0.1, -0.05) is 83.1 Å². The number of nitrogens with zero attached hydrogens (tertiary/aromatic N) is 1. The van der Waals surface area contributed by atoms with E-state index in [-0.39, 0.29) is 23.8 Å². The van der Waals surface area contributed by atoms with Gasteiger partial charge in [0.1, 0.15) is 11.8 Å². The van der Waals surface area contributed by atoms with Crippen molar-refractivity contribution in [3.05, 3.63) is 65.7 Å². The largest absolute Gasteiger partial charge is 0.483 e. The third kappa shape index (κ3) is 7.40. The number of para-hydroxylation sites is 1. The van der Waals surface area contributed by atoms with Gasteiger partial charge in [0.25, 0.3) is 5.91 Å². The van der Waals surface area contributed by atoms with E-state index in [0.29, 0.717) is 31.7 Å². The zero-order valence-corrected chi connectivity index (χ0v) is 20.2. The average Bonchev–Trinajstić information content (AvgIpc) is 2.78. The van der Waals surface area contributed by atoms with Crippen molar-refractivity contribution >= 4 is 11.8 Å². The molecule has 0 fully saturated rings. The standard InChI is InChI=1S/C27H38N2O3/c1-6-18-28-26(31)23(7-2)29(19-17-21-13-9-8-10-14-21)25(30)20-32-24-16-12-11-15-22(24)27(3,4)5/h8-16,23H,6-7,17-20H2,1-5H3,(H,28,31)/t23-/m0/s1. The Balaban J connectivity index is 2.18. The van der Waals surface area contributed by atoms with Crippen LogP contribution in [-0.2, 0) is 21.4 Å². The molecule has 1 N–H and O–H groups in total. The molecule has 0 heterocycles. The van der Waals surface area contributed by atoms with Gasteiger partial charge in [0.2, 0.25) is 5.91 Å². The van der Waals surface area contributed by atoms with Crippen molar-refractivity contribution in [2.24, 2.45) is 0 Å². The normalized spacial score (nSPS) is 12.2. The molecule has 32 heavy (non-hydrogen) atoms. The number of ether oxygens (including phenoxy) is 1. The third-order valence-corrected chi connectivity index (χ3v) is 5.47. The molecule has 1 atom stereocenters. The first-order valence-electron chi connectivity index (χ1n) is 11.6. The van der Waals surface area contributed by atoms with Crippen LogP contribution in [-0.4, -0.2) is 42.5 Å². The summed E-state index contributed by atoms with van der Waals surface area (Å²) < 4.78 is 5.99. The van der Waals surface area contributed by atoms with Crippen LogP contribution >= 0.6 is 0 Å². The summed E-state index contributed by atoms with van der Waals surface area (Å²) in [5, 5.41) is 2.95. The molecule has 2 aromatic rings. The number of amides is 2. The molecule has 0 radical (unpaired) electrons. The predicted molar refractivity (Wildman–Crippen MR) is 130 cm³/mol. The van der Waals surface area contributed by atoms with Gasteiger partial charge in [-0.3, -0.25) is 9.59 Å². The average molecular weight is 439 g/mol. The summed E-state index contributed by atoms with van der Waals surface area (Å²) in [5.41, 5.74) is 2.09. The highest BCUT2D eigenvalue weighted by molar-refractivity contribution is 5.88. The van der Waals surface area contributed by atoms with Gasteiger partial charge < -0.3 is 15.0 Å². The van der Waals surface area contributed by atoms with Crippen LogP contribution in [0.5, 0.6) is 5.75 Å². The molecule has 0 aliphatic heterocycles. The number of rotatable bonds is 11. The summed E-state index contributed by atoms with van der Waals surface area (Å²) in [6.45, 7) is 11.3. The molecule has 0 aliphatic carbocycles. The van der Waals surface area contributed by atoms with Crippen molar-refractivity contribution in [1.82, 2.24) is 10.2 Å². The van der Waals surface area contributed by atoms with E-state index in [1.165, 1.54) is 0 Å². The molecule has 0 unspecified atom stereocenters. The molecule has 0 saturated carbocycles. The molecule has 0 spiro atoms. The number of hydrogen-bond donors (Lipinski definition) is 1. The first kappa shape index (κ1) is 25.4. The predicted octanol–water partition coefficient (Wildman–Crippen LogP) is 4.74. The summed E-state index contributed by atoms with van der Waals surface area (Å²) in [4.78, 5) is 27.8. The lowest BCUT2D eigenvalue weighted by molar-refractivity contribution is -0.142. The molecule has 0 saturated heterocycles. The lowest BCUT2D eigenvalue weighted by Gasteiger charge is -2.31. The molecule has 5 heteroatoms. The maximum Gasteiger partial charge on any atom is 0.261 e. The molecule has 2 aromatic carbocycles. The Kier molecular flexibility index (Phi) is 9.76. The number of hydrogen-bond acceptors (Lipinski definition) is 3. The van der Waals surface area contributed by atoms with Crippen LogP contribution in [0.2, 0.25) is 0 Å². The first-order valence-corrected chi connectivity index (χ1v) is 11.6. The maximum atomic E-state index is 13.3.